The Kier molecular flexibility index (Phi) is 14.3. The number of carbonyl (C=O) groups is 1. The number of rotatable bonds is 19. The third-order valence-corrected chi connectivity index (χ3v) is 7.91. The van der Waals surface area contributed by atoms with E-state index in [1.54, 1.807) is 18.2 Å². The van der Waals surface area contributed by atoms with E-state index in [0.29, 0.717) is 38.0 Å². The maximum absolute atomic E-state index is 12.4. The summed E-state index contributed by atoms with van der Waals surface area (Å²) in [4.78, 5) is 12.4. The third kappa shape index (κ3) is 12.3. The number of hydrogen-bond acceptors (Lipinski definition) is 6. The van der Waals surface area contributed by atoms with Gasteiger partial charge >= 0.3 is 0 Å². The zero-order valence-corrected chi connectivity index (χ0v) is 25.9. The molecule has 0 saturated heterocycles. The number of benzene rings is 3. The molecule has 0 aromatic heterocycles. The minimum absolute atomic E-state index is 0.0749. The van der Waals surface area contributed by atoms with Crippen LogP contribution in [0.2, 0.25) is 0 Å². The van der Waals surface area contributed by atoms with Crippen LogP contribution in [0.4, 0.5) is 0 Å². The molecule has 3 aromatic carbocycles. The number of allylic oxidation sites excluding steroid dienone is 2. The largest absolute Gasteiger partial charge is 0.508 e. The molecule has 0 spiro atoms. The van der Waals surface area contributed by atoms with Crippen molar-refractivity contribution in [2.45, 2.75) is 90.6 Å². The lowest BCUT2D eigenvalue weighted by Crippen LogP contribution is -2.19. The van der Waals surface area contributed by atoms with Gasteiger partial charge in [-0.05, 0) is 77.3 Å². The van der Waals surface area contributed by atoms with Gasteiger partial charge in [-0.15, -0.1) is 0 Å². The Morgan fingerprint density at radius 3 is 2.26 bits per heavy atom. The Bertz CT molecular complexity index is 1300. The summed E-state index contributed by atoms with van der Waals surface area (Å²) >= 11 is 0. The molecule has 1 atom stereocenters. The molecular weight excluding hydrogens is 536 g/mol. The fraction of sp³-hybridized carbons (Fsp3) is 0.432. The van der Waals surface area contributed by atoms with E-state index >= 15 is 0 Å². The Balaban J connectivity index is 1.43. The summed E-state index contributed by atoms with van der Waals surface area (Å²) in [6, 6.07) is 18.6. The first-order valence-corrected chi connectivity index (χ1v) is 15.8. The Morgan fingerprint density at radius 1 is 0.860 bits per heavy atom. The van der Waals surface area contributed by atoms with Crippen LogP contribution in [0.3, 0.4) is 0 Å². The van der Waals surface area contributed by atoms with Crippen LogP contribution in [0, 0.1) is 5.92 Å². The van der Waals surface area contributed by atoms with E-state index in [2.05, 4.69) is 13.8 Å². The second kappa shape index (κ2) is 18.1. The zero-order chi connectivity index (χ0) is 31.0. The second-order valence-corrected chi connectivity index (χ2v) is 11.7. The first-order valence-electron chi connectivity index (χ1n) is 15.8. The van der Waals surface area contributed by atoms with Crippen LogP contribution in [0.25, 0.3) is 0 Å². The first-order chi connectivity index (χ1) is 20.7. The van der Waals surface area contributed by atoms with Crippen LogP contribution in [-0.2, 0) is 24.1 Å². The van der Waals surface area contributed by atoms with E-state index < -0.39 is 6.17 Å². The van der Waals surface area contributed by atoms with Gasteiger partial charge in [0, 0.05) is 19.3 Å². The molecule has 0 heterocycles. The molecule has 232 valence electrons. The molecule has 43 heavy (non-hydrogen) atoms. The van der Waals surface area contributed by atoms with Gasteiger partial charge in [0.25, 0.3) is 0 Å². The summed E-state index contributed by atoms with van der Waals surface area (Å²) in [6.07, 6.45) is 13.9. The monoisotopic (exact) mass is 586 g/mol. The summed E-state index contributed by atoms with van der Waals surface area (Å²) < 4.78 is 5.92. The lowest BCUT2D eigenvalue weighted by Gasteiger charge is -2.12. The molecule has 6 N–H and O–H groups in total. The number of phenolic OH excluding ortho intramolecular Hbond substituents is 2. The number of ketones is 1. The highest BCUT2D eigenvalue weighted by Gasteiger charge is 2.09. The number of aryl methyl sites for hydroxylation is 1. The highest BCUT2D eigenvalue weighted by atomic mass is 16.5. The predicted molar refractivity (Wildman–Crippen MR) is 175 cm³/mol. The first kappa shape index (κ1) is 33.9. The van der Waals surface area contributed by atoms with Crippen molar-refractivity contribution in [2.24, 2.45) is 17.4 Å². The molecule has 3 rings (SSSR count). The van der Waals surface area contributed by atoms with Crippen LogP contribution in [0.15, 0.2) is 72.8 Å². The average Bonchev–Trinajstić information content (AvgIpc) is 2.99. The Labute approximate surface area is 257 Å². The molecule has 0 saturated carbocycles. The summed E-state index contributed by atoms with van der Waals surface area (Å²) in [6.45, 7) is 4.93. The Morgan fingerprint density at radius 2 is 1.53 bits per heavy atom. The number of phenols is 2. The fourth-order valence-electron chi connectivity index (χ4n) is 5.16. The third-order valence-electron chi connectivity index (χ3n) is 7.91. The van der Waals surface area contributed by atoms with E-state index in [-0.39, 0.29) is 17.3 Å². The van der Waals surface area contributed by atoms with Gasteiger partial charge in [0.1, 0.15) is 5.75 Å². The van der Waals surface area contributed by atoms with Crippen molar-refractivity contribution < 1.29 is 19.7 Å². The minimum Gasteiger partial charge on any atom is -0.508 e. The smallest absolute Gasteiger partial charge is 0.161 e. The standard InChI is InChI=1S/C37H50N2O4/c1-3-4-6-9-27(2)10-7-5-8-11-33(40)19-14-29-16-21-35(42)36(26-29)43-23-22-30-15-20-34(41)32(25-30)24-28-12-17-31(18-13-28)37(38)39/h8,11-13,15-18,20-21,25-27,37,41-42H,3-7,9-10,14,19,22-24,38-39H2,1-2H3/t27-/m0/s1. The molecule has 0 amide bonds. The van der Waals surface area contributed by atoms with Crippen molar-refractivity contribution in [2.75, 3.05) is 6.61 Å². The van der Waals surface area contributed by atoms with E-state index in [9.17, 15) is 15.0 Å². The summed E-state index contributed by atoms with van der Waals surface area (Å²) in [5.74, 6) is 1.60. The molecule has 6 heteroatoms. The van der Waals surface area contributed by atoms with Crippen molar-refractivity contribution in [3.63, 3.8) is 0 Å². The van der Waals surface area contributed by atoms with Gasteiger partial charge in [-0.1, -0.05) is 94.5 Å². The van der Waals surface area contributed by atoms with Gasteiger partial charge in [-0.25, -0.2) is 0 Å². The molecule has 0 aliphatic heterocycles. The molecule has 0 fully saturated rings. The molecule has 0 unspecified atom stereocenters. The summed E-state index contributed by atoms with van der Waals surface area (Å²) in [5.41, 5.74) is 16.2. The highest BCUT2D eigenvalue weighted by molar-refractivity contribution is 5.89. The summed E-state index contributed by atoms with van der Waals surface area (Å²) in [5, 5.41) is 20.7. The maximum atomic E-state index is 12.4. The van der Waals surface area contributed by atoms with Crippen LogP contribution >= 0.6 is 0 Å². The van der Waals surface area contributed by atoms with Gasteiger partial charge in [0.2, 0.25) is 0 Å². The highest BCUT2D eigenvalue weighted by Crippen LogP contribution is 2.28. The minimum atomic E-state index is -0.510. The van der Waals surface area contributed by atoms with Gasteiger partial charge in [-0.3, -0.25) is 4.79 Å². The fourth-order valence-corrected chi connectivity index (χ4v) is 5.16. The van der Waals surface area contributed by atoms with E-state index in [1.165, 1.54) is 32.1 Å². The number of aromatic hydroxyl groups is 2. The maximum Gasteiger partial charge on any atom is 0.161 e. The second-order valence-electron chi connectivity index (χ2n) is 11.7. The topological polar surface area (TPSA) is 119 Å². The van der Waals surface area contributed by atoms with Gasteiger partial charge < -0.3 is 26.4 Å². The predicted octanol–water partition coefficient (Wildman–Crippen LogP) is 7.67. The quantitative estimate of drug-likeness (QED) is 0.0650. The number of hydrogen-bond donors (Lipinski definition) is 4. The average molecular weight is 587 g/mol. The number of unbranched alkanes of at least 4 members (excludes halogenated alkanes) is 3. The molecule has 0 aliphatic carbocycles. The normalized spacial score (nSPS) is 12.2. The molecule has 0 bridgehead atoms. The number of ether oxygens (including phenoxy) is 1. The van der Waals surface area contributed by atoms with Crippen molar-refractivity contribution in [3.8, 4) is 17.2 Å². The van der Waals surface area contributed by atoms with E-state index in [4.69, 9.17) is 16.2 Å². The zero-order valence-electron chi connectivity index (χ0n) is 25.9. The Hall–Kier alpha value is -3.61. The van der Waals surface area contributed by atoms with E-state index in [0.717, 1.165) is 46.6 Å². The van der Waals surface area contributed by atoms with Crippen LogP contribution in [0.5, 0.6) is 17.2 Å². The molecule has 3 aromatic rings. The van der Waals surface area contributed by atoms with Crippen molar-refractivity contribution in [1.29, 1.82) is 0 Å². The van der Waals surface area contributed by atoms with Crippen molar-refractivity contribution in [1.82, 2.24) is 0 Å². The SMILES string of the molecule is CCCCC[C@H](C)CCCC=CC(=O)CCc1ccc(O)c(OCCc2ccc(O)c(Cc3ccc(C(N)N)cc3)c2)c1. The van der Waals surface area contributed by atoms with Gasteiger partial charge in [-0.2, -0.15) is 0 Å². The van der Waals surface area contributed by atoms with Crippen LogP contribution in [0.1, 0.15) is 99.2 Å². The molecule has 6 nitrogen and oxygen atoms in total. The summed E-state index contributed by atoms with van der Waals surface area (Å²) in [7, 11) is 0. The molecule has 0 aliphatic rings. The van der Waals surface area contributed by atoms with E-state index in [1.807, 2.05) is 54.6 Å². The van der Waals surface area contributed by atoms with Gasteiger partial charge in [0.15, 0.2) is 17.3 Å². The van der Waals surface area contributed by atoms with Crippen molar-refractivity contribution >= 4 is 5.78 Å². The van der Waals surface area contributed by atoms with Crippen LogP contribution in [-0.4, -0.2) is 22.6 Å². The molecule has 0 radical (unpaired) electrons. The number of carbonyl (C=O) groups excluding carboxylic acids is 1. The molecular formula is C37H50N2O4. The lowest BCUT2D eigenvalue weighted by molar-refractivity contribution is -0.114. The van der Waals surface area contributed by atoms with Crippen LogP contribution < -0.4 is 16.2 Å². The number of nitrogens with two attached hydrogens (primary N) is 2. The van der Waals surface area contributed by atoms with Gasteiger partial charge in [0.05, 0.1) is 12.8 Å². The lowest BCUT2D eigenvalue weighted by atomic mass is 9.97. The van der Waals surface area contributed by atoms with Crippen molar-refractivity contribution in [3.05, 3.63) is 101 Å².